The molecular weight excluding hydrogens is 1540 g/mol. The summed E-state index contributed by atoms with van der Waals surface area (Å²) in [5.74, 6) is 12.1. The van der Waals surface area contributed by atoms with Gasteiger partial charge in [-0.15, -0.1) is 55.1 Å². The molecule has 26 atom stereocenters. The van der Waals surface area contributed by atoms with Gasteiger partial charge in [0.25, 0.3) is 0 Å². The number of hydrogen-bond donors (Lipinski definition) is 4. The maximum atomic E-state index is 12.5. The quantitative estimate of drug-likeness (QED) is 0.0431. The van der Waals surface area contributed by atoms with E-state index in [1.807, 2.05) is 6.07 Å². The largest absolute Gasteiger partial charge is 0.411 e. The van der Waals surface area contributed by atoms with Gasteiger partial charge in [0.2, 0.25) is 0 Å². The number of halogens is 4. The second-order valence-electron chi connectivity index (χ2n) is 36.6. The molecule has 0 heterocycles. The minimum atomic E-state index is -0.0235. The molecule has 5 aromatic carbocycles. The van der Waals surface area contributed by atoms with Gasteiger partial charge in [-0.25, -0.2) is 0 Å². The first-order valence-corrected chi connectivity index (χ1v) is 47.5. The fourth-order valence-electron chi connectivity index (χ4n) is 26.6. The molecule has 0 amide bonds. The summed E-state index contributed by atoms with van der Waals surface area (Å²) in [7, 11) is 4.67. The van der Waals surface area contributed by atoms with E-state index in [4.69, 9.17) is 17.2 Å². The van der Waals surface area contributed by atoms with Gasteiger partial charge >= 0.3 is 0 Å². The third kappa shape index (κ3) is 20.9. The summed E-state index contributed by atoms with van der Waals surface area (Å²) in [5, 5.41) is 13.1. The highest BCUT2D eigenvalue weighted by atomic mass is 35.5. The van der Waals surface area contributed by atoms with Gasteiger partial charge in [-0.1, -0.05) is 198 Å². The summed E-state index contributed by atoms with van der Waals surface area (Å²) < 4.78 is 10.2. The van der Waals surface area contributed by atoms with Gasteiger partial charge in [0.05, 0.1) is 5.71 Å². The highest BCUT2D eigenvalue weighted by Crippen LogP contribution is 2.62. The Morgan fingerprint density at radius 2 is 0.735 bits per heavy atom. The first-order chi connectivity index (χ1) is 52.9. The fraction of sp³-hybridized carbons (Fsp3) is 0.649. The summed E-state index contributed by atoms with van der Waals surface area (Å²) in [6, 6.07) is 55.2. The van der Waals surface area contributed by atoms with Crippen LogP contribution in [-0.2, 0) is 46.5 Å². The predicted molar refractivity (Wildman–Crippen MR) is 494 cm³/mol. The first-order valence-electron chi connectivity index (χ1n) is 43.7. The van der Waals surface area contributed by atoms with Gasteiger partial charge in [-0.3, -0.25) is 14.4 Å². The second kappa shape index (κ2) is 45.0. The highest BCUT2D eigenvalue weighted by Gasteiger charge is 2.60. The van der Waals surface area contributed by atoms with Crippen LogP contribution in [0.3, 0.4) is 0 Å². The van der Waals surface area contributed by atoms with Crippen molar-refractivity contribution in [2.75, 3.05) is 6.26 Å². The van der Waals surface area contributed by atoms with Crippen LogP contribution in [0.5, 0.6) is 0 Å². The van der Waals surface area contributed by atoms with E-state index >= 15 is 0 Å². The van der Waals surface area contributed by atoms with E-state index in [9.17, 15) is 23.5 Å². The molecular formula is C97H147Cl3FN4O4P3S. The summed E-state index contributed by atoms with van der Waals surface area (Å²) in [6.45, 7) is 13.6. The van der Waals surface area contributed by atoms with E-state index < -0.39 is 0 Å². The standard InChI is InChI=1S/C16H21NO.3C16H23N.C16H20O.C9H14O.C7H10O.CH3FS.3ClH.H4P2.H3P/c1-2-16(11-12-6-4-3-5-7-12)14-9-8-13(10-14)15(16)17-18;4*1-2-16(11-12-6-4-3-5-7-12)14-9-8-13(10-14)15(16)17;1-2-8-6-3-4-7(5-6)9(8)10;8-7-4-5-1-2-6(7)3-5;1-3-2;;;;1-2;/h3-7,13-14,18H,2,8-11H2,1H3;3*3-7,13-15H,2,8-11,17H2,1H3;3-7,13-14H,2,8-11H2,1H3;6-8H,2-5H2,1H3;5-6H,1-4H2;1H3;3*1H;1-2H2;1H3/b17-15-;;;;;;;;;;;;/t13-,14+,16-;3*13-,14+,15-,16-;13-,14+,16-;6-,7+,8+;5-,6+;;;;;;/m1110100....../s1. The Bertz CT molecular complexity index is 3500. The summed E-state index contributed by atoms with van der Waals surface area (Å²) >= 11 is 0.250. The number of rotatable bonds is 16. The number of oxime groups is 1. The molecule has 628 valence electrons. The Kier molecular flexibility index (Phi) is 38.6. The summed E-state index contributed by atoms with van der Waals surface area (Å²) in [5.41, 5.74) is 29.1. The molecule has 14 fully saturated rings. The molecule has 0 saturated heterocycles. The van der Waals surface area contributed by atoms with Crippen LogP contribution >= 0.6 is 77.1 Å². The van der Waals surface area contributed by atoms with Crippen molar-refractivity contribution < 1.29 is 23.5 Å². The molecule has 0 aromatic heterocycles. The van der Waals surface area contributed by atoms with Gasteiger partial charge in [0.1, 0.15) is 17.3 Å². The lowest BCUT2D eigenvalue weighted by atomic mass is 9.65. The Labute approximate surface area is 714 Å². The van der Waals surface area contributed by atoms with Gasteiger partial charge in [-0.05, 0) is 309 Å². The van der Waals surface area contributed by atoms with Crippen LogP contribution in [-0.4, -0.2) is 52.6 Å². The molecule has 19 rings (SSSR count). The summed E-state index contributed by atoms with van der Waals surface area (Å²) in [6.07, 6.45) is 42.2. The number of carbonyl (C=O) groups is 3. The zero-order valence-corrected chi connectivity index (χ0v) is 76.9. The van der Waals surface area contributed by atoms with E-state index in [2.05, 4.69) is 210 Å². The molecule has 5 aromatic rings. The van der Waals surface area contributed by atoms with Crippen LogP contribution in [0.4, 0.5) is 3.89 Å². The van der Waals surface area contributed by atoms with Crippen LogP contribution in [0.25, 0.3) is 0 Å². The second-order valence-corrected chi connectivity index (χ2v) is 36.9. The van der Waals surface area contributed by atoms with Crippen molar-refractivity contribution in [3.63, 3.8) is 0 Å². The third-order valence-corrected chi connectivity index (χ3v) is 32.5. The molecule has 0 spiro atoms. The van der Waals surface area contributed by atoms with Crippen molar-refractivity contribution in [3.8, 4) is 0 Å². The van der Waals surface area contributed by atoms with Crippen molar-refractivity contribution >= 4 is 100 Å². The molecule has 8 nitrogen and oxygen atoms in total. The Balaban J connectivity index is 0.000000182. The van der Waals surface area contributed by atoms with E-state index in [-0.39, 0.29) is 70.1 Å². The molecule has 3 unspecified atom stereocenters. The van der Waals surface area contributed by atoms with Gasteiger partial charge in [0, 0.05) is 83.4 Å². The highest BCUT2D eigenvalue weighted by molar-refractivity contribution is 7.93. The zero-order valence-electron chi connectivity index (χ0n) is 69.9. The number of nitrogens with two attached hydrogens (primary N) is 3. The van der Waals surface area contributed by atoms with Crippen LogP contribution in [0.15, 0.2) is 157 Å². The average molecular weight is 1680 g/mol. The lowest BCUT2D eigenvalue weighted by molar-refractivity contribution is -0.132. The Morgan fingerprint density at radius 1 is 0.407 bits per heavy atom. The van der Waals surface area contributed by atoms with Crippen molar-refractivity contribution in [2.45, 2.75) is 272 Å². The zero-order chi connectivity index (χ0) is 77.5. The van der Waals surface area contributed by atoms with Crippen LogP contribution in [0.2, 0.25) is 0 Å². The van der Waals surface area contributed by atoms with E-state index in [0.29, 0.717) is 87.2 Å². The lowest BCUT2D eigenvalue weighted by Gasteiger charge is -2.42. The first kappa shape index (κ1) is 97.0. The monoisotopic (exact) mass is 1680 g/mol. The lowest BCUT2D eigenvalue weighted by Crippen LogP contribution is -2.47. The van der Waals surface area contributed by atoms with Crippen molar-refractivity contribution in [1.29, 1.82) is 0 Å². The Morgan fingerprint density at radius 3 is 1.00 bits per heavy atom. The van der Waals surface area contributed by atoms with Crippen LogP contribution < -0.4 is 17.2 Å². The number of hydrogen-bond acceptors (Lipinski definition) is 9. The topological polar surface area (TPSA) is 162 Å². The number of carbonyl (C=O) groups excluding carboxylic acids is 3. The number of ketones is 3. The molecule has 14 aliphatic rings. The van der Waals surface area contributed by atoms with Crippen molar-refractivity contribution in [1.82, 2.24) is 0 Å². The van der Waals surface area contributed by atoms with Gasteiger partial charge in [-0.2, -0.15) is 13.8 Å². The minimum Gasteiger partial charge on any atom is -0.411 e. The van der Waals surface area contributed by atoms with E-state index in [1.54, 1.807) is 0 Å². The number of benzene rings is 5. The van der Waals surface area contributed by atoms with Crippen molar-refractivity contribution in [3.05, 3.63) is 179 Å². The van der Waals surface area contributed by atoms with Crippen LogP contribution in [0.1, 0.15) is 249 Å². The average Bonchev–Trinajstić information content (AvgIpc) is 1.63. The van der Waals surface area contributed by atoms with E-state index in [0.717, 1.165) is 104 Å². The smallest absolute Gasteiger partial charge is 0.142 e. The molecule has 0 aliphatic heterocycles. The third-order valence-electron chi connectivity index (χ3n) is 32.5. The molecule has 0 radical (unpaired) electrons. The molecule has 14 aliphatic carbocycles. The molecule has 14 bridgehead atoms. The van der Waals surface area contributed by atoms with Gasteiger partial charge in [0.15, 0.2) is 0 Å². The Hall–Kier alpha value is -3.10. The number of fused-ring (bicyclic) bond motifs is 14. The van der Waals surface area contributed by atoms with E-state index in [1.165, 1.54) is 201 Å². The van der Waals surface area contributed by atoms with Gasteiger partial charge < -0.3 is 22.4 Å². The molecule has 16 heteroatoms. The molecule has 7 N–H and O–H groups in total. The SMILES string of the molecule is CC[C@@]1(Cc2ccccc2)[C@H]2CC[C@H](C2)[C@H]1N.CC[C@@]1(Cc2ccccc2)[C@H]2CC[C@H](C2)[C@H]1N.CC[C@H]1C(=O)[C@@H]2CC[C@H]1C2.CC[C@]1(Cc2ccccc2)/C(=N\O)[C@@H]2CC[C@H]1C2.CC[C@]1(Cc2ccccc2)C(=O)[C@@H]2CC[C@H]1C2.CC[C@]1(Cc2ccccc2)[C@@H]2CC[C@@H](C2)[C@@H]1N.CSF.Cl.Cl.Cl.O=C1C[C@H]2CC[C@@H]1C2.P.PP. The maximum Gasteiger partial charge on any atom is 0.142 e. The summed E-state index contributed by atoms with van der Waals surface area (Å²) in [4.78, 5) is 34.8. The molecule has 14 saturated carbocycles. The maximum absolute atomic E-state index is 12.5. The molecule has 113 heavy (non-hydrogen) atoms. The minimum absolute atomic E-state index is 0. The van der Waals surface area contributed by atoms with Crippen molar-refractivity contribution in [2.24, 2.45) is 138 Å². The predicted octanol–water partition coefficient (Wildman–Crippen LogP) is 24.3. The number of Topliss-reactive ketones (excluding diaryl/α,β-unsaturated/α-hetero) is 3. The fourth-order valence-corrected chi connectivity index (χ4v) is 26.6. The number of nitrogens with zero attached hydrogens (tertiary/aromatic N) is 1. The normalized spacial score (nSPS) is 36.4. The van der Waals surface area contributed by atoms with Crippen LogP contribution in [0, 0.1) is 116 Å².